The molecule has 0 aliphatic carbocycles. The van der Waals surface area contributed by atoms with Gasteiger partial charge in [-0.3, -0.25) is 19.2 Å². The van der Waals surface area contributed by atoms with Gasteiger partial charge in [0.15, 0.2) is 0 Å². The van der Waals surface area contributed by atoms with E-state index in [-0.39, 0.29) is 36.6 Å². The second kappa shape index (κ2) is 15.1. The van der Waals surface area contributed by atoms with Crippen molar-refractivity contribution in [1.29, 1.82) is 0 Å². The Morgan fingerprint density at radius 3 is 2.55 bits per heavy atom. The number of carbonyl (C=O) groups excluding carboxylic acids is 4. The van der Waals surface area contributed by atoms with Crippen LogP contribution in [-0.2, 0) is 30.3 Å². The fourth-order valence-corrected chi connectivity index (χ4v) is 6.11. The van der Waals surface area contributed by atoms with E-state index in [9.17, 15) is 23.6 Å². The van der Waals surface area contributed by atoms with Crippen LogP contribution in [0.1, 0.15) is 32.3 Å². The van der Waals surface area contributed by atoms with E-state index in [1.54, 1.807) is 39.8 Å². The van der Waals surface area contributed by atoms with E-state index in [2.05, 4.69) is 21.3 Å². The van der Waals surface area contributed by atoms with E-state index in [1.807, 2.05) is 19.9 Å². The highest BCUT2D eigenvalue weighted by Crippen LogP contribution is 2.23. The van der Waals surface area contributed by atoms with Crippen LogP contribution in [0.5, 0.6) is 0 Å². The fraction of sp³-hybridized carbons (Fsp3) is 0.538. The van der Waals surface area contributed by atoms with E-state index in [0.717, 1.165) is 5.75 Å². The van der Waals surface area contributed by atoms with Crippen LogP contribution in [0.4, 0.5) is 4.39 Å². The Bertz CT molecular complexity index is 1010. The number of carbonyl (C=O) groups is 4. The second-order valence-electron chi connectivity index (χ2n) is 9.54. The molecule has 2 aliphatic rings. The van der Waals surface area contributed by atoms with Gasteiger partial charge in [0.05, 0.1) is 12.5 Å². The molecule has 208 valence electrons. The van der Waals surface area contributed by atoms with Crippen molar-refractivity contribution in [2.24, 2.45) is 5.92 Å². The topological polar surface area (TPSA) is 126 Å². The van der Waals surface area contributed by atoms with Gasteiger partial charge in [0.1, 0.15) is 24.5 Å². The van der Waals surface area contributed by atoms with Gasteiger partial charge in [-0.2, -0.15) is 0 Å². The Hall–Kier alpha value is -2.57. The van der Waals surface area contributed by atoms with Gasteiger partial charge in [-0.05, 0) is 36.1 Å². The van der Waals surface area contributed by atoms with Crippen LogP contribution in [0.3, 0.4) is 0 Å². The molecular weight excluding hydrogens is 531 g/mol. The first kappa shape index (κ1) is 30.0. The Kier molecular flexibility index (Phi) is 11.9. The molecule has 0 radical (unpaired) electrons. The zero-order valence-corrected chi connectivity index (χ0v) is 23.2. The Balaban J connectivity index is 1.92. The predicted octanol–water partition coefficient (Wildman–Crippen LogP) is 1.73. The van der Waals surface area contributed by atoms with Gasteiger partial charge in [-0.25, -0.2) is 4.39 Å². The van der Waals surface area contributed by atoms with Crippen LogP contribution in [0.25, 0.3) is 0 Å². The summed E-state index contributed by atoms with van der Waals surface area (Å²) in [5.41, 5.74) is 0.650. The minimum atomic E-state index is -0.998. The fourth-order valence-electron chi connectivity index (χ4n) is 3.92. The molecule has 3 rings (SSSR count). The van der Waals surface area contributed by atoms with Crippen LogP contribution < -0.4 is 21.3 Å². The molecule has 1 aromatic rings. The predicted molar refractivity (Wildman–Crippen MR) is 147 cm³/mol. The summed E-state index contributed by atoms with van der Waals surface area (Å²) in [5, 5.41) is 11.6. The molecule has 2 bridgehead atoms. The Morgan fingerprint density at radius 2 is 1.82 bits per heavy atom. The van der Waals surface area contributed by atoms with Crippen LogP contribution in [0.2, 0.25) is 0 Å². The summed E-state index contributed by atoms with van der Waals surface area (Å²) in [6.07, 6.45) is 3.55. The molecule has 1 saturated heterocycles. The molecule has 0 aromatic heterocycles. The highest BCUT2D eigenvalue weighted by molar-refractivity contribution is 8.76. The molecular formula is C26H35FN4O5S2. The summed E-state index contributed by atoms with van der Waals surface area (Å²) in [5.74, 6) is -1.06. The second-order valence-corrected chi connectivity index (χ2v) is 12.2. The standard InChI is InChI=1S/C26H35FN4O5S2/c1-16(2)21-13-28-22-15-38-37-10-4-3-5-19(12-23(32)30-21)36-24(33)14-29-25(34)20(31-26(22)35)11-17-6-8-18(27)9-7-17/h3,5-9,16,19-22,28H,4,10-15H2,1-2H3,(H,29,34)(H,30,32)(H,31,35)/b5-3+/t19-,20?,21+,22?/m1/s1. The van der Waals surface area contributed by atoms with Gasteiger partial charge in [-0.1, -0.05) is 53.6 Å². The molecule has 1 aromatic carbocycles. The maximum atomic E-state index is 13.4. The molecule has 0 spiro atoms. The van der Waals surface area contributed by atoms with Crippen LogP contribution >= 0.6 is 21.6 Å². The van der Waals surface area contributed by atoms with Crippen molar-refractivity contribution < 1.29 is 28.3 Å². The Labute approximate surface area is 230 Å². The highest BCUT2D eigenvalue weighted by atomic mass is 33.1. The van der Waals surface area contributed by atoms with Crippen molar-refractivity contribution in [3.63, 3.8) is 0 Å². The van der Waals surface area contributed by atoms with Crippen molar-refractivity contribution in [3.8, 4) is 0 Å². The first-order valence-corrected chi connectivity index (χ1v) is 15.2. The number of hydrogen-bond donors (Lipinski definition) is 4. The number of ether oxygens (including phenoxy) is 1. The highest BCUT2D eigenvalue weighted by Gasteiger charge is 2.29. The normalized spacial score (nSPS) is 27.5. The van der Waals surface area contributed by atoms with Crippen molar-refractivity contribution >= 4 is 45.3 Å². The number of rotatable bonds is 3. The van der Waals surface area contributed by atoms with Gasteiger partial charge in [0.2, 0.25) is 17.7 Å². The van der Waals surface area contributed by atoms with Crippen LogP contribution in [-0.4, -0.2) is 72.5 Å². The minimum absolute atomic E-state index is 0.0571. The number of allylic oxidation sites excluding steroid dienone is 1. The summed E-state index contributed by atoms with van der Waals surface area (Å²) in [4.78, 5) is 51.9. The number of nitrogens with one attached hydrogen (secondary N) is 4. The van der Waals surface area contributed by atoms with E-state index in [1.165, 1.54) is 12.1 Å². The zero-order chi connectivity index (χ0) is 27.5. The van der Waals surface area contributed by atoms with Crippen molar-refractivity contribution in [2.45, 2.75) is 57.3 Å². The van der Waals surface area contributed by atoms with Gasteiger partial charge >= 0.3 is 5.97 Å². The van der Waals surface area contributed by atoms with Crippen LogP contribution in [0, 0.1) is 11.7 Å². The molecule has 38 heavy (non-hydrogen) atoms. The van der Waals surface area contributed by atoms with Gasteiger partial charge in [0.25, 0.3) is 0 Å². The number of esters is 1. The number of benzene rings is 1. The summed E-state index contributed by atoms with van der Waals surface area (Å²) in [7, 11) is 3.15. The summed E-state index contributed by atoms with van der Waals surface area (Å²) >= 11 is 0. The molecule has 2 aliphatic heterocycles. The molecule has 0 saturated carbocycles. The molecule has 12 heteroatoms. The summed E-state index contributed by atoms with van der Waals surface area (Å²) < 4.78 is 18.9. The van der Waals surface area contributed by atoms with E-state index < -0.39 is 42.4 Å². The first-order chi connectivity index (χ1) is 18.2. The number of fused-ring (bicyclic) bond motifs is 7. The van der Waals surface area contributed by atoms with E-state index in [0.29, 0.717) is 24.3 Å². The summed E-state index contributed by atoms with van der Waals surface area (Å²) in [6, 6.07) is 3.76. The number of amides is 3. The SMILES string of the molecule is CC(C)[C@@H]1CNC2CSSCC/C=C/[C@H](CC(=O)N1)OC(=O)CNC(=O)C(Cc1ccc(F)cc1)NC2=O. The lowest BCUT2D eigenvalue weighted by Gasteiger charge is -2.28. The Morgan fingerprint density at radius 1 is 1.05 bits per heavy atom. The molecule has 4 atom stereocenters. The third kappa shape index (κ3) is 9.95. The summed E-state index contributed by atoms with van der Waals surface area (Å²) in [6.45, 7) is 3.85. The van der Waals surface area contributed by atoms with Crippen LogP contribution in [0.15, 0.2) is 36.4 Å². The van der Waals surface area contributed by atoms with Gasteiger partial charge in [0, 0.05) is 30.5 Å². The molecule has 2 unspecified atom stereocenters. The molecule has 2 heterocycles. The molecule has 3 amide bonds. The number of hydrogen-bond acceptors (Lipinski definition) is 8. The average molecular weight is 567 g/mol. The maximum Gasteiger partial charge on any atom is 0.326 e. The lowest BCUT2D eigenvalue weighted by Crippen LogP contribution is -2.57. The van der Waals surface area contributed by atoms with Crippen molar-refractivity contribution in [2.75, 3.05) is 24.6 Å². The smallest absolute Gasteiger partial charge is 0.326 e. The lowest BCUT2D eigenvalue weighted by molar-refractivity contribution is -0.148. The molecule has 9 nitrogen and oxygen atoms in total. The minimum Gasteiger partial charge on any atom is -0.456 e. The third-order valence-corrected chi connectivity index (χ3v) is 8.60. The quantitative estimate of drug-likeness (QED) is 0.248. The van der Waals surface area contributed by atoms with Crippen molar-refractivity contribution in [3.05, 3.63) is 47.8 Å². The monoisotopic (exact) mass is 566 g/mol. The average Bonchev–Trinajstić information content (AvgIpc) is 2.87. The lowest BCUT2D eigenvalue weighted by atomic mass is 10.0. The maximum absolute atomic E-state index is 13.4. The number of halogens is 1. The molecule has 1 fully saturated rings. The van der Waals surface area contributed by atoms with Gasteiger partial charge in [-0.15, -0.1) is 0 Å². The van der Waals surface area contributed by atoms with Gasteiger partial charge < -0.3 is 26.0 Å². The third-order valence-electron chi connectivity index (χ3n) is 6.15. The largest absolute Gasteiger partial charge is 0.456 e. The zero-order valence-electron chi connectivity index (χ0n) is 21.5. The van der Waals surface area contributed by atoms with E-state index >= 15 is 0 Å². The van der Waals surface area contributed by atoms with E-state index in [4.69, 9.17) is 4.74 Å². The van der Waals surface area contributed by atoms with Crippen molar-refractivity contribution in [1.82, 2.24) is 21.3 Å². The molecule has 4 N–H and O–H groups in total. The first-order valence-electron chi connectivity index (χ1n) is 12.7.